The third-order valence-electron chi connectivity index (χ3n) is 2.84. The van der Waals surface area contributed by atoms with E-state index in [9.17, 15) is 4.79 Å². The van der Waals surface area contributed by atoms with Crippen LogP contribution in [-0.4, -0.2) is 42.0 Å². The average Bonchev–Trinajstić information content (AvgIpc) is 2.61. The summed E-state index contributed by atoms with van der Waals surface area (Å²) in [5.74, 6) is -0.133. The number of nitrogens with zero attached hydrogens (tertiary/aromatic N) is 1. The van der Waals surface area contributed by atoms with Crippen molar-refractivity contribution in [3.63, 3.8) is 0 Å². The van der Waals surface area contributed by atoms with Gasteiger partial charge in [-0.25, -0.2) is 0 Å². The van der Waals surface area contributed by atoms with E-state index in [1.165, 1.54) is 0 Å². The zero-order chi connectivity index (χ0) is 12.3. The lowest BCUT2D eigenvalue weighted by Crippen LogP contribution is -2.48. The Morgan fingerprint density at radius 3 is 2.62 bits per heavy atom. The Labute approximate surface area is 96.0 Å². The smallest absolute Gasteiger partial charge is 0.267 e. The van der Waals surface area contributed by atoms with Gasteiger partial charge in [0.15, 0.2) is 0 Å². The fraction of sp³-hybridized carbons (Fsp3) is 0.545. The van der Waals surface area contributed by atoms with Crippen molar-refractivity contribution in [1.29, 1.82) is 0 Å². The van der Waals surface area contributed by atoms with Crippen LogP contribution in [0.2, 0.25) is 0 Å². The van der Waals surface area contributed by atoms with Gasteiger partial charge in [-0.15, -0.1) is 0 Å². The fourth-order valence-electron chi connectivity index (χ4n) is 1.09. The molecule has 0 atom stereocenters. The van der Waals surface area contributed by atoms with Gasteiger partial charge in [-0.05, 0) is 34.0 Å². The number of likely N-dealkylation sites (N-methyl/N-ethyl adjacent to an activating group) is 1. The maximum absolute atomic E-state index is 11.7. The largest absolute Gasteiger partial charge is 0.397 e. The summed E-state index contributed by atoms with van der Waals surface area (Å²) in [6, 6.07) is 1.62. The first-order valence-electron chi connectivity index (χ1n) is 5.22. The van der Waals surface area contributed by atoms with Crippen LogP contribution in [0.4, 0.5) is 5.69 Å². The number of aromatic nitrogens is 1. The first kappa shape index (κ1) is 12.6. The third kappa shape index (κ3) is 3.00. The van der Waals surface area contributed by atoms with E-state index in [1.807, 2.05) is 14.1 Å². The first-order chi connectivity index (χ1) is 7.33. The highest BCUT2D eigenvalue weighted by Gasteiger charge is 2.21. The molecule has 4 N–H and O–H groups in total. The number of amides is 1. The van der Waals surface area contributed by atoms with Crippen LogP contribution in [0.5, 0.6) is 0 Å². The topological polar surface area (TPSA) is 74.2 Å². The monoisotopic (exact) mass is 224 g/mol. The van der Waals surface area contributed by atoms with Crippen LogP contribution in [-0.2, 0) is 0 Å². The van der Waals surface area contributed by atoms with Crippen LogP contribution in [0.3, 0.4) is 0 Å². The molecule has 90 valence electrons. The molecule has 0 saturated heterocycles. The average molecular weight is 224 g/mol. The Hall–Kier alpha value is -1.49. The molecule has 0 aromatic carbocycles. The van der Waals surface area contributed by atoms with Crippen LogP contribution >= 0.6 is 0 Å². The summed E-state index contributed by atoms with van der Waals surface area (Å²) in [6.45, 7) is 4.71. The molecule has 0 unspecified atom stereocenters. The zero-order valence-corrected chi connectivity index (χ0v) is 10.3. The van der Waals surface area contributed by atoms with Gasteiger partial charge >= 0.3 is 0 Å². The molecule has 5 nitrogen and oxygen atoms in total. The summed E-state index contributed by atoms with van der Waals surface area (Å²) in [7, 11) is 3.97. The third-order valence-corrected chi connectivity index (χ3v) is 2.84. The number of nitrogen functional groups attached to an aromatic ring is 1. The molecular weight excluding hydrogens is 204 g/mol. The van der Waals surface area contributed by atoms with E-state index in [4.69, 9.17) is 5.73 Å². The molecule has 0 fully saturated rings. The predicted molar refractivity (Wildman–Crippen MR) is 65.3 cm³/mol. The van der Waals surface area contributed by atoms with E-state index in [0.29, 0.717) is 17.9 Å². The molecule has 1 amide bonds. The van der Waals surface area contributed by atoms with Gasteiger partial charge in [0.2, 0.25) is 0 Å². The lowest BCUT2D eigenvalue weighted by molar-refractivity contribution is 0.0915. The first-order valence-corrected chi connectivity index (χ1v) is 5.22. The molecule has 5 heteroatoms. The fourth-order valence-corrected chi connectivity index (χ4v) is 1.09. The predicted octanol–water partition coefficient (Wildman–Crippen LogP) is 0.667. The van der Waals surface area contributed by atoms with Crippen molar-refractivity contribution >= 4 is 11.6 Å². The normalized spacial score (nSPS) is 11.8. The minimum absolute atomic E-state index is 0.0756. The second-order valence-corrected chi connectivity index (χ2v) is 4.74. The number of rotatable bonds is 4. The van der Waals surface area contributed by atoms with Crippen LogP contribution in [0.15, 0.2) is 12.3 Å². The molecule has 0 aliphatic heterocycles. The van der Waals surface area contributed by atoms with Crippen molar-refractivity contribution in [2.45, 2.75) is 19.4 Å². The summed E-state index contributed by atoms with van der Waals surface area (Å²) in [4.78, 5) is 16.6. The van der Waals surface area contributed by atoms with Gasteiger partial charge in [0.1, 0.15) is 5.69 Å². The van der Waals surface area contributed by atoms with E-state index in [0.717, 1.165) is 0 Å². The van der Waals surface area contributed by atoms with Crippen LogP contribution in [0.25, 0.3) is 0 Å². The Balaban J connectivity index is 2.54. The van der Waals surface area contributed by atoms with Gasteiger partial charge in [-0.3, -0.25) is 4.79 Å². The lowest BCUT2D eigenvalue weighted by atomic mass is 10.0. The second-order valence-electron chi connectivity index (χ2n) is 4.74. The maximum Gasteiger partial charge on any atom is 0.267 e. The molecule has 1 heterocycles. The summed E-state index contributed by atoms with van der Waals surface area (Å²) in [5, 5.41) is 2.87. The van der Waals surface area contributed by atoms with Crippen molar-refractivity contribution in [2.75, 3.05) is 26.4 Å². The Morgan fingerprint density at radius 1 is 1.56 bits per heavy atom. The van der Waals surface area contributed by atoms with E-state index < -0.39 is 0 Å². The van der Waals surface area contributed by atoms with Crippen LogP contribution in [0, 0.1) is 0 Å². The minimum atomic E-state index is -0.133. The van der Waals surface area contributed by atoms with Crippen LogP contribution < -0.4 is 11.1 Å². The molecule has 0 aliphatic rings. The van der Waals surface area contributed by atoms with E-state index in [2.05, 4.69) is 29.0 Å². The molecular formula is C11H20N4O. The number of carbonyl (C=O) groups is 1. The van der Waals surface area contributed by atoms with Gasteiger partial charge in [-0.2, -0.15) is 0 Å². The summed E-state index contributed by atoms with van der Waals surface area (Å²) < 4.78 is 0. The summed E-state index contributed by atoms with van der Waals surface area (Å²) >= 11 is 0. The molecule has 0 spiro atoms. The minimum Gasteiger partial charge on any atom is -0.397 e. The number of hydrogen-bond acceptors (Lipinski definition) is 3. The number of aromatic amines is 1. The number of carbonyl (C=O) groups excluding carboxylic acids is 1. The summed E-state index contributed by atoms with van der Waals surface area (Å²) in [5.41, 5.74) is 6.51. The van der Waals surface area contributed by atoms with E-state index >= 15 is 0 Å². The quantitative estimate of drug-likeness (QED) is 0.703. The lowest BCUT2D eigenvalue weighted by Gasteiger charge is -2.32. The molecule has 0 aliphatic carbocycles. The molecule has 0 saturated carbocycles. The maximum atomic E-state index is 11.7. The van der Waals surface area contributed by atoms with Crippen molar-refractivity contribution in [3.8, 4) is 0 Å². The molecule has 16 heavy (non-hydrogen) atoms. The number of nitrogens with two attached hydrogens (primary N) is 1. The molecule has 1 aromatic rings. The zero-order valence-electron chi connectivity index (χ0n) is 10.3. The number of nitrogens with one attached hydrogen (secondary N) is 2. The number of anilines is 1. The second kappa shape index (κ2) is 4.57. The molecule has 0 radical (unpaired) electrons. The van der Waals surface area contributed by atoms with Crippen molar-refractivity contribution < 1.29 is 4.79 Å². The van der Waals surface area contributed by atoms with Gasteiger partial charge in [0.05, 0.1) is 0 Å². The van der Waals surface area contributed by atoms with Gasteiger partial charge in [0.25, 0.3) is 5.91 Å². The van der Waals surface area contributed by atoms with Gasteiger partial charge in [0, 0.05) is 24.0 Å². The molecule has 0 bridgehead atoms. The van der Waals surface area contributed by atoms with Crippen molar-refractivity contribution in [1.82, 2.24) is 15.2 Å². The van der Waals surface area contributed by atoms with E-state index in [1.54, 1.807) is 12.3 Å². The summed E-state index contributed by atoms with van der Waals surface area (Å²) in [6.07, 6.45) is 1.60. The Kier molecular flexibility index (Phi) is 3.59. The van der Waals surface area contributed by atoms with Crippen molar-refractivity contribution in [2.24, 2.45) is 0 Å². The number of H-pyrrole nitrogens is 1. The Bertz CT molecular complexity index is 368. The Morgan fingerprint density at radius 2 is 2.19 bits per heavy atom. The number of hydrogen-bond donors (Lipinski definition) is 3. The van der Waals surface area contributed by atoms with Gasteiger partial charge in [-0.1, -0.05) is 0 Å². The van der Waals surface area contributed by atoms with E-state index in [-0.39, 0.29) is 11.4 Å². The highest BCUT2D eigenvalue weighted by molar-refractivity contribution is 5.93. The van der Waals surface area contributed by atoms with Crippen LogP contribution in [0.1, 0.15) is 24.3 Å². The standard InChI is InChI=1S/C11H20N4O/c1-11(2,15(3)4)7-14-10(16)9-5-8(12)6-13-9/h5-6,13H,7,12H2,1-4H3,(H,14,16). The van der Waals surface area contributed by atoms with Crippen molar-refractivity contribution in [3.05, 3.63) is 18.0 Å². The highest BCUT2D eigenvalue weighted by atomic mass is 16.1. The van der Waals surface area contributed by atoms with Gasteiger partial charge < -0.3 is 20.9 Å². The highest BCUT2D eigenvalue weighted by Crippen LogP contribution is 2.09. The SMILES string of the molecule is CN(C)C(C)(C)CNC(=O)c1cc(N)c[nH]1. The molecule has 1 aromatic heterocycles. The molecule has 1 rings (SSSR count).